The summed E-state index contributed by atoms with van der Waals surface area (Å²) in [4.78, 5) is 38.4. The third-order valence-electron chi connectivity index (χ3n) is 4.78. The number of hydrogen-bond acceptors (Lipinski definition) is 5. The summed E-state index contributed by atoms with van der Waals surface area (Å²) in [5.41, 5.74) is 2.10. The zero-order valence-corrected chi connectivity index (χ0v) is 18.4. The molecule has 3 rings (SSSR count). The topological polar surface area (TPSA) is 84.9 Å². The molecule has 1 heterocycles. The highest BCUT2D eigenvalue weighted by Crippen LogP contribution is 2.28. The van der Waals surface area contributed by atoms with Crippen molar-refractivity contribution in [3.8, 4) is 5.75 Å². The Hall–Kier alpha value is -3.06. The fourth-order valence-corrected chi connectivity index (χ4v) is 3.39. The molecule has 0 bridgehead atoms. The number of rotatable bonds is 7. The molecule has 0 radical (unpaired) electrons. The summed E-state index contributed by atoms with van der Waals surface area (Å²) in [6, 6.07) is 12.3. The van der Waals surface area contributed by atoms with Gasteiger partial charge in [-0.2, -0.15) is 0 Å². The van der Waals surface area contributed by atoms with E-state index in [2.05, 4.69) is 5.32 Å². The highest BCUT2D eigenvalue weighted by molar-refractivity contribution is 6.31. The summed E-state index contributed by atoms with van der Waals surface area (Å²) in [6.45, 7) is 5.50. The summed E-state index contributed by atoms with van der Waals surface area (Å²) in [7, 11) is 0. The second-order valence-corrected chi connectivity index (χ2v) is 8.09. The Kier molecular flexibility index (Phi) is 7.17. The molecule has 31 heavy (non-hydrogen) atoms. The van der Waals surface area contributed by atoms with Crippen molar-refractivity contribution in [2.75, 3.05) is 23.4 Å². The van der Waals surface area contributed by atoms with Gasteiger partial charge in [0.1, 0.15) is 5.75 Å². The lowest BCUT2D eigenvalue weighted by Gasteiger charge is -2.17. The second kappa shape index (κ2) is 9.83. The van der Waals surface area contributed by atoms with E-state index in [9.17, 15) is 14.4 Å². The van der Waals surface area contributed by atoms with Gasteiger partial charge in [0, 0.05) is 29.4 Å². The molecule has 1 fully saturated rings. The SMILES string of the molecule is Cc1ccc(NC(=O)COC(=O)[C@@H]2CC(=O)N(c3ccc(OC(C)C)cc3)C2)cc1Cl. The first-order valence-corrected chi connectivity index (χ1v) is 10.4. The number of esters is 1. The summed E-state index contributed by atoms with van der Waals surface area (Å²) in [5.74, 6) is -1.14. The summed E-state index contributed by atoms with van der Waals surface area (Å²) >= 11 is 6.04. The Morgan fingerprint density at radius 1 is 1.19 bits per heavy atom. The monoisotopic (exact) mass is 444 g/mol. The molecule has 7 nitrogen and oxygen atoms in total. The summed E-state index contributed by atoms with van der Waals surface area (Å²) in [6.07, 6.45) is 0.0942. The van der Waals surface area contributed by atoms with Crippen LogP contribution in [0.3, 0.4) is 0 Å². The fourth-order valence-electron chi connectivity index (χ4n) is 3.21. The van der Waals surface area contributed by atoms with Crippen molar-refractivity contribution in [1.82, 2.24) is 0 Å². The normalized spacial score (nSPS) is 15.8. The molecule has 164 valence electrons. The number of carbonyl (C=O) groups excluding carboxylic acids is 3. The van der Waals surface area contributed by atoms with Gasteiger partial charge >= 0.3 is 5.97 Å². The predicted octanol–water partition coefficient (Wildman–Crippen LogP) is 3.97. The quantitative estimate of drug-likeness (QED) is 0.653. The largest absolute Gasteiger partial charge is 0.491 e. The van der Waals surface area contributed by atoms with E-state index in [0.717, 1.165) is 5.56 Å². The number of nitrogens with zero attached hydrogens (tertiary/aromatic N) is 1. The van der Waals surface area contributed by atoms with Gasteiger partial charge in [-0.15, -0.1) is 0 Å². The molecule has 0 unspecified atom stereocenters. The maximum absolute atomic E-state index is 12.4. The van der Waals surface area contributed by atoms with Crippen molar-refractivity contribution >= 4 is 40.8 Å². The number of carbonyl (C=O) groups is 3. The number of benzene rings is 2. The molecule has 1 N–H and O–H groups in total. The Morgan fingerprint density at radius 3 is 2.55 bits per heavy atom. The van der Waals surface area contributed by atoms with Gasteiger partial charge in [-0.3, -0.25) is 14.4 Å². The van der Waals surface area contributed by atoms with Crippen molar-refractivity contribution in [2.24, 2.45) is 5.92 Å². The fraction of sp³-hybridized carbons (Fsp3) is 0.348. The van der Waals surface area contributed by atoms with E-state index >= 15 is 0 Å². The van der Waals surface area contributed by atoms with Crippen molar-refractivity contribution in [3.05, 3.63) is 53.1 Å². The van der Waals surface area contributed by atoms with Crippen LogP contribution in [0.1, 0.15) is 25.8 Å². The van der Waals surface area contributed by atoms with Crippen LogP contribution in [0.5, 0.6) is 5.75 Å². The van der Waals surface area contributed by atoms with Crippen LogP contribution in [0.15, 0.2) is 42.5 Å². The van der Waals surface area contributed by atoms with Crippen LogP contribution < -0.4 is 15.0 Å². The van der Waals surface area contributed by atoms with Gasteiger partial charge in [0.15, 0.2) is 6.61 Å². The van der Waals surface area contributed by atoms with Crippen molar-refractivity contribution < 1.29 is 23.9 Å². The van der Waals surface area contributed by atoms with Crippen LogP contribution in [-0.4, -0.2) is 37.0 Å². The molecule has 1 aliphatic heterocycles. The number of amides is 2. The smallest absolute Gasteiger partial charge is 0.311 e. The number of hydrogen-bond donors (Lipinski definition) is 1. The molecular formula is C23H25ClN2O5. The number of ether oxygens (including phenoxy) is 2. The lowest BCUT2D eigenvalue weighted by atomic mass is 10.1. The highest BCUT2D eigenvalue weighted by Gasteiger charge is 2.36. The van der Waals surface area contributed by atoms with E-state index in [4.69, 9.17) is 21.1 Å². The number of anilines is 2. The lowest BCUT2D eigenvalue weighted by Crippen LogP contribution is -2.28. The van der Waals surface area contributed by atoms with E-state index in [1.807, 2.05) is 20.8 Å². The third-order valence-corrected chi connectivity index (χ3v) is 5.19. The van der Waals surface area contributed by atoms with Gasteiger partial charge in [-0.05, 0) is 62.7 Å². The average molecular weight is 445 g/mol. The number of aryl methyl sites for hydroxylation is 1. The Bertz CT molecular complexity index is 974. The minimum absolute atomic E-state index is 0.0399. The van der Waals surface area contributed by atoms with Crippen molar-refractivity contribution in [1.29, 1.82) is 0 Å². The number of nitrogens with one attached hydrogen (secondary N) is 1. The van der Waals surface area contributed by atoms with Gasteiger partial charge in [0.2, 0.25) is 5.91 Å². The molecule has 2 amide bonds. The van der Waals surface area contributed by atoms with E-state index < -0.39 is 24.4 Å². The van der Waals surface area contributed by atoms with Gasteiger partial charge in [0.25, 0.3) is 5.91 Å². The molecule has 1 atom stereocenters. The molecule has 0 aliphatic carbocycles. The average Bonchev–Trinajstić information content (AvgIpc) is 3.11. The zero-order valence-electron chi connectivity index (χ0n) is 17.7. The molecule has 1 saturated heterocycles. The predicted molar refractivity (Wildman–Crippen MR) is 118 cm³/mol. The Labute approximate surface area is 186 Å². The maximum atomic E-state index is 12.4. The van der Waals surface area contributed by atoms with E-state index in [1.165, 1.54) is 0 Å². The standard InChI is InChI=1S/C23H25ClN2O5/c1-14(2)31-19-8-6-18(7-9-19)26-12-16(10-22(26)28)23(29)30-13-21(27)25-17-5-4-15(3)20(24)11-17/h4-9,11,14,16H,10,12-13H2,1-3H3,(H,25,27)/t16-/m1/s1. The molecule has 8 heteroatoms. The summed E-state index contributed by atoms with van der Waals surface area (Å²) in [5, 5.41) is 3.16. The van der Waals surface area contributed by atoms with Gasteiger partial charge < -0.3 is 19.7 Å². The van der Waals surface area contributed by atoms with E-state index in [1.54, 1.807) is 47.4 Å². The molecule has 0 aromatic heterocycles. The van der Waals surface area contributed by atoms with Crippen LogP contribution in [0.25, 0.3) is 0 Å². The maximum Gasteiger partial charge on any atom is 0.311 e. The Balaban J connectivity index is 1.51. The minimum Gasteiger partial charge on any atom is -0.491 e. The minimum atomic E-state index is -0.624. The molecule has 2 aromatic rings. The van der Waals surface area contributed by atoms with Gasteiger partial charge in [-0.25, -0.2) is 0 Å². The van der Waals surface area contributed by atoms with Crippen molar-refractivity contribution in [2.45, 2.75) is 33.3 Å². The van der Waals surface area contributed by atoms with Gasteiger partial charge in [-0.1, -0.05) is 17.7 Å². The zero-order chi connectivity index (χ0) is 22.5. The van der Waals surface area contributed by atoms with Gasteiger partial charge in [0.05, 0.1) is 12.0 Å². The lowest BCUT2D eigenvalue weighted by molar-refractivity contribution is -0.151. The van der Waals surface area contributed by atoms with Crippen LogP contribution in [0.4, 0.5) is 11.4 Å². The molecule has 2 aromatic carbocycles. The van der Waals surface area contributed by atoms with Crippen LogP contribution in [0.2, 0.25) is 5.02 Å². The van der Waals surface area contributed by atoms with E-state index in [0.29, 0.717) is 22.1 Å². The first-order valence-electron chi connectivity index (χ1n) is 10.0. The van der Waals surface area contributed by atoms with Crippen LogP contribution in [-0.2, 0) is 19.1 Å². The highest BCUT2D eigenvalue weighted by atomic mass is 35.5. The van der Waals surface area contributed by atoms with Crippen molar-refractivity contribution in [3.63, 3.8) is 0 Å². The van der Waals surface area contributed by atoms with Crippen LogP contribution in [0, 0.1) is 12.8 Å². The second-order valence-electron chi connectivity index (χ2n) is 7.69. The molecular weight excluding hydrogens is 420 g/mol. The molecule has 0 saturated carbocycles. The third kappa shape index (κ3) is 5.98. The van der Waals surface area contributed by atoms with Crippen LogP contribution >= 0.6 is 11.6 Å². The Morgan fingerprint density at radius 2 is 1.90 bits per heavy atom. The van der Waals surface area contributed by atoms with E-state index in [-0.39, 0.29) is 25.0 Å². The summed E-state index contributed by atoms with van der Waals surface area (Å²) < 4.78 is 10.7. The molecule has 1 aliphatic rings. The molecule has 0 spiro atoms. The first kappa shape index (κ1) is 22.6. The first-order chi connectivity index (χ1) is 14.7. The number of halogens is 1.